The van der Waals surface area contributed by atoms with Crippen LogP contribution in [0.4, 0.5) is 13.2 Å². The van der Waals surface area contributed by atoms with E-state index < -0.39 is 5.51 Å². The summed E-state index contributed by atoms with van der Waals surface area (Å²) >= 11 is -0.178. The Hall–Kier alpha value is -2.06. The molecule has 1 aliphatic rings. The second-order valence-electron chi connectivity index (χ2n) is 6.00. The molecule has 1 aromatic carbocycles. The number of carbonyl (C=O) groups excluding carboxylic acids is 1. The van der Waals surface area contributed by atoms with Gasteiger partial charge < -0.3 is 4.90 Å². The second-order valence-corrected chi connectivity index (χ2v) is 7.13. The number of amides is 1. The van der Waals surface area contributed by atoms with Crippen molar-refractivity contribution in [3.63, 3.8) is 0 Å². The van der Waals surface area contributed by atoms with Gasteiger partial charge in [0, 0.05) is 55.6 Å². The van der Waals surface area contributed by atoms with Gasteiger partial charge in [-0.3, -0.25) is 14.7 Å². The largest absolute Gasteiger partial charge is 0.446 e. The van der Waals surface area contributed by atoms with Crippen LogP contribution in [-0.4, -0.2) is 52.4 Å². The van der Waals surface area contributed by atoms with Crippen LogP contribution in [0.2, 0.25) is 0 Å². The molecule has 0 radical (unpaired) electrons. The number of benzene rings is 1. The number of halogens is 3. The fraction of sp³-hybridized carbons (Fsp3) is 0.333. The highest BCUT2D eigenvalue weighted by Gasteiger charge is 2.29. The van der Waals surface area contributed by atoms with Gasteiger partial charge in [0.1, 0.15) is 0 Å². The fourth-order valence-corrected chi connectivity index (χ4v) is 3.38. The number of thioether (sulfide) groups is 1. The minimum Gasteiger partial charge on any atom is -0.336 e. The summed E-state index contributed by atoms with van der Waals surface area (Å²) in [6.07, 6.45) is 3.52. The van der Waals surface area contributed by atoms with Gasteiger partial charge in [-0.2, -0.15) is 13.2 Å². The van der Waals surface area contributed by atoms with E-state index in [0.717, 1.165) is 19.6 Å². The summed E-state index contributed by atoms with van der Waals surface area (Å²) in [7, 11) is 0. The van der Waals surface area contributed by atoms with Gasteiger partial charge >= 0.3 is 5.51 Å². The van der Waals surface area contributed by atoms with Crippen molar-refractivity contribution in [2.24, 2.45) is 0 Å². The van der Waals surface area contributed by atoms with Gasteiger partial charge in [-0.1, -0.05) is 0 Å². The van der Waals surface area contributed by atoms with Gasteiger partial charge in [-0.15, -0.1) is 0 Å². The Bertz CT molecular complexity index is 730. The Kier molecular flexibility index (Phi) is 5.83. The number of hydrogen-bond donors (Lipinski definition) is 0. The monoisotopic (exact) mass is 381 g/mol. The smallest absolute Gasteiger partial charge is 0.336 e. The van der Waals surface area contributed by atoms with Crippen LogP contribution in [0, 0.1) is 0 Å². The number of piperazine rings is 1. The van der Waals surface area contributed by atoms with Crippen molar-refractivity contribution in [2.75, 3.05) is 26.2 Å². The number of rotatable bonds is 4. The molecule has 0 bridgehead atoms. The highest BCUT2D eigenvalue weighted by Crippen LogP contribution is 2.36. The first-order valence-electron chi connectivity index (χ1n) is 8.17. The molecule has 2 heterocycles. The van der Waals surface area contributed by atoms with E-state index in [1.54, 1.807) is 17.3 Å². The zero-order valence-electron chi connectivity index (χ0n) is 13.9. The van der Waals surface area contributed by atoms with E-state index in [0.29, 0.717) is 18.7 Å². The third-order valence-electron chi connectivity index (χ3n) is 4.15. The predicted molar refractivity (Wildman–Crippen MR) is 93.8 cm³/mol. The molecule has 1 amide bonds. The van der Waals surface area contributed by atoms with Crippen molar-refractivity contribution < 1.29 is 18.0 Å². The molecule has 8 heteroatoms. The predicted octanol–water partition coefficient (Wildman–Crippen LogP) is 3.65. The fourth-order valence-electron chi connectivity index (χ4n) is 2.84. The maximum atomic E-state index is 12.5. The normalized spacial score (nSPS) is 15.9. The number of aromatic nitrogens is 1. The molecule has 0 unspecified atom stereocenters. The summed E-state index contributed by atoms with van der Waals surface area (Å²) in [5.74, 6) is -0.142. The molecular weight excluding hydrogens is 363 g/mol. The van der Waals surface area contributed by atoms with E-state index in [-0.39, 0.29) is 22.6 Å². The first-order chi connectivity index (χ1) is 12.4. The summed E-state index contributed by atoms with van der Waals surface area (Å²) in [6.45, 7) is 3.53. The lowest BCUT2D eigenvalue weighted by molar-refractivity contribution is -0.0328. The molecule has 0 atom stereocenters. The van der Waals surface area contributed by atoms with Crippen LogP contribution >= 0.6 is 11.8 Å². The third-order valence-corrected chi connectivity index (χ3v) is 4.89. The molecule has 1 saturated heterocycles. The molecule has 3 rings (SSSR count). The Morgan fingerprint density at radius 3 is 2.19 bits per heavy atom. The minimum absolute atomic E-state index is 0.0798. The lowest BCUT2D eigenvalue weighted by Crippen LogP contribution is -2.48. The highest BCUT2D eigenvalue weighted by atomic mass is 32.2. The molecule has 0 spiro atoms. The first kappa shape index (κ1) is 18.7. The summed E-state index contributed by atoms with van der Waals surface area (Å²) in [5, 5.41) is 0. The number of alkyl halides is 3. The van der Waals surface area contributed by atoms with Crippen LogP contribution in [0.15, 0.2) is 53.7 Å². The van der Waals surface area contributed by atoms with Crippen molar-refractivity contribution in [2.45, 2.75) is 16.9 Å². The zero-order valence-corrected chi connectivity index (χ0v) is 14.8. The van der Waals surface area contributed by atoms with Crippen molar-refractivity contribution in [1.29, 1.82) is 0 Å². The Labute approximate surface area is 154 Å². The van der Waals surface area contributed by atoms with Gasteiger partial charge in [0.2, 0.25) is 0 Å². The maximum Gasteiger partial charge on any atom is 0.446 e. The average Bonchev–Trinajstić information content (AvgIpc) is 2.62. The lowest BCUT2D eigenvalue weighted by Gasteiger charge is -2.34. The molecular formula is C18H18F3N3OS. The molecule has 0 saturated carbocycles. The average molecular weight is 381 g/mol. The van der Waals surface area contributed by atoms with Crippen LogP contribution < -0.4 is 0 Å². The summed E-state index contributed by atoms with van der Waals surface area (Å²) in [4.78, 5) is 20.6. The first-order valence-corrected chi connectivity index (χ1v) is 8.99. The van der Waals surface area contributed by atoms with Crippen molar-refractivity contribution >= 4 is 17.7 Å². The zero-order chi connectivity index (χ0) is 18.6. The Morgan fingerprint density at radius 1 is 1.00 bits per heavy atom. The van der Waals surface area contributed by atoms with Crippen molar-refractivity contribution in [3.8, 4) is 0 Å². The van der Waals surface area contributed by atoms with E-state index in [9.17, 15) is 18.0 Å². The number of hydrogen-bond acceptors (Lipinski definition) is 4. The van der Waals surface area contributed by atoms with Crippen LogP contribution in [0.25, 0.3) is 0 Å². The SMILES string of the molecule is O=C(c1ccc(SC(F)(F)F)cc1)N1CCN(Cc2ccncc2)CC1. The van der Waals surface area contributed by atoms with Gasteiger partial charge in [0.25, 0.3) is 5.91 Å². The van der Waals surface area contributed by atoms with Crippen LogP contribution in [0.3, 0.4) is 0 Å². The lowest BCUT2D eigenvalue weighted by atomic mass is 10.1. The number of carbonyl (C=O) groups is 1. The Morgan fingerprint density at radius 2 is 1.62 bits per heavy atom. The second kappa shape index (κ2) is 8.09. The van der Waals surface area contributed by atoms with E-state index >= 15 is 0 Å². The standard InChI is InChI=1S/C18H18F3N3OS/c19-18(20,21)26-16-3-1-15(2-4-16)17(25)24-11-9-23(10-12-24)13-14-5-7-22-8-6-14/h1-8H,9-13H2. The molecule has 1 fully saturated rings. The quantitative estimate of drug-likeness (QED) is 0.758. The van der Waals surface area contributed by atoms with E-state index in [1.165, 1.54) is 29.8 Å². The van der Waals surface area contributed by atoms with E-state index in [2.05, 4.69) is 9.88 Å². The molecule has 0 N–H and O–H groups in total. The van der Waals surface area contributed by atoms with Crippen LogP contribution in [0.1, 0.15) is 15.9 Å². The van der Waals surface area contributed by atoms with Crippen LogP contribution in [0.5, 0.6) is 0 Å². The summed E-state index contributed by atoms with van der Waals surface area (Å²) in [5.41, 5.74) is -2.73. The molecule has 1 aliphatic heterocycles. The third kappa shape index (κ3) is 5.22. The van der Waals surface area contributed by atoms with E-state index in [4.69, 9.17) is 0 Å². The molecule has 4 nitrogen and oxygen atoms in total. The molecule has 138 valence electrons. The van der Waals surface area contributed by atoms with Crippen LogP contribution in [-0.2, 0) is 6.54 Å². The minimum atomic E-state index is -4.32. The summed E-state index contributed by atoms with van der Waals surface area (Å²) < 4.78 is 37.1. The van der Waals surface area contributed by atoms with Crippen molar-refractivity contribution in [1.82, 2.24) is 14.8 Å². The van der Waals surface area contributed by atoms with Gasteiger partial charge in [-0.25, -0.2) is 0 Å². The molecule has 2 aromatic rings. The van der Waals surface area contributed by atoms with Crippen molar-refractivity contribution in [3.05, 3.63) is 59.9 Å². The van der Waals surface area contributed by atoms with Gasteiger partial charge in [0.15, 0.2) is 0 Å². The topological polar surface area (TPSA) is 36.4 Å². The number of pyridine rings is 1. The Balaban J connectivity index is 1.53. The molecule has 0 aliphatic carbocycles. The summed E-state index contributed by atoms with van der Waals surface area (Å²) in [6, 6.07) is 9.53. The van der Waals surface area contributed by atoms with E-state index in [1.807, 2.05) is 12.1 Å². The highest BCUT2D eigenvalue weighted by molar-refractivity contribution is 8.00. The maximum absolute atomic E-state index is 12.5. The number of nitrogens with zero attached hydrogens (tertiary/aromatic N) is 3. The van der Waals surface area contributed by atoms with Gasteiger partial charge in [-0.05, 0) is 53.7 Å². The molecule has 26 heavy (non-hydrogen) atoms. The van der Waals surface area contributed by atoms with Gasteiger partial charge in [0.05, 0.1) is 0 Å². The molecule has 1 aromatic heterocycles.